The zero-order valence-corrected chi connectivity index (χ0v) is 28.7. The lowest BCUT2D eigenvalue weighted by atomic mass is 9.94. The van der Waals surface area contributed by atoms with Gasteiger partial charge >= 0.3 is 0 Å². The summed E-state index contributed by atoms with van der Waals surface area (Å²) in [6, 6.07) is 19.2. The molecule has 1 atom stereocenters. The van der Waals surface area contributed by atoms with Crippen LogP contribution >= 0.6 is 34.8 Å². The van der Waals surface area contributed by atoms with Gasteiger partial charge in [0.25, 0.3) is 0 Å². The molecule has 0 heterocycles. The van der Waals surface area contributed by atoms with Crippen molar-refractivity contribution in [3.05, 3.63) is 98.5 Å². The van der Waals surface area contributed by atoms with Gasteiger partial charge in [0.1, 0.15) is 6.04 Å². The Morgan fingerprint density at radius 3 is 2.27 bits per heavy atom. The maximum Gasteiger partial charge on any atom is 0.243 e. The molecule has 242 valence electrons. The molecule has 1 saturated carbocycles. The average molecular weight is 693 g/mol. The van der Waals surface area contributed by atoms with Crippen LogP contribution < -0.4 is 9.62 Å². The molecule has 0 spiro atoms. The summed E-state index contributed by atoms with van der Waals surface area (Å²) in [5.41, 5.74) is 2.76. The number of nitrogens with one attached hydrogen (secondary N) is 1. The Kier molecular flexibility index (Phi) is 12.6. The molecule has 0 unspecified atom stereocenters. The van der Waals surface area contributed by atoms with Crippen LogP contribution in [0.4, 0.5) is 5.69 Å². The summed E-state index contributed by atoms with van der Waals surface area (Å²) in [5.74, 6) is -0.469. The van der Waals surface area contributed by atoms with Crippen LogP contribution in [0.3, 0.4) is 0 Å². The summed E-state index contributed by atoms with van der Waals surface area (Å²) in [6.45, 7) is 1.97. The SMILES string of the molecule is Cc1c(Cl)cccc1N(CCCC(=O)N(Cc1ccc(Cl)c(Cl)c1)[C@@H](Cc1ccccc1)C(=O)NC1CCCCC1)S(C)(=O)=O. The molecule has 1 N–H and O–H groups in total. The summed E-state index contributed by atoms with van der Waals surface area (Å²) in [4.78, 5) is 29.7. The van der Waals surface area contributed by atoms with Gasteiger partial charge in [-0.15, -0.1) is 0 Å². The van der Waals surface area contributed by atoms with E-state index in [2.05, 4.69) is 5.32 Å². The monoisotopic (exact) mass is 691 g/mol. The minimum atomic E-state index is -3.66. The van der Waals surface area contributed by atoms with Crippen LogP contribution in [0.15, 0.2) is 66.7 Å². The van der Waals surface area contributed by atoms with Gasteiger partial charge in [-0.2, -0.15) is 0 Å². The third kappa shape index (κ3) is 9.85. The van der Waals surface area contributed by atoms with E-state index in [1.54, 1.807) is 48.2 Å². The maximum absolute atomic E-state index is 14.1. The lowest BCUT2D eigenvalue weighted by Crippen LogP contribution is -2.53. The minimum absolute atomic E-state index is 0.0228. The van der Waals surface area contributed by atoms with Gasteiger partial charge in [0.15, 0.2) is 0 Å². The molecule has 0 bridgehead atoms. The van der Waals surface area contributed by atoms with Gasteiger partial charge in [0.2, 0.25) is 21.8 Å². The topological polar surface area (TPSA) is 86.8 Å². The normalized spacial score (nSPS) is 14.5. The van der Waals surface area contributed by atoms with Gasteiger partial charge in [-0.3, -0.25) is 13.9 Å². The Hall–Kier alpha value is -2.78. The summed E-state index contributed by atoms with van der Waals surface area (Å²) in [6.07, 6.45) is 6.81. The van der Waals surface area contributed by atoms with Crippen molar-refractivity contribution >= 4 is 62.3 Å². The van der Waals surface area contributed by atoms with Crippen molar-refractivity contribution in [2.75, 3.05) is 17.1 Å². The minimum Gasteiger partial charge on any atom is -0.352 e. The molecule has 1 aliphatic carbocycles. The smallest absolute Gasteiger partial charge is 0.243 e. The second-order valence-electron chi connectivity index (χ2n) is 11.6. The molecule has 1 aliphatic rings. The van der Waals surface area contributed by atoms with Crippen LogP contribution in [0.5, 0.6) is 0 Å². The zero-order chi connectivity index (χ0) is 32.6. The quantitative estimate of drug-likeness (QED) is 0.200. The molecule has 7 nitrogen and oxygen atoms in total. The number of hydrogen-bond donors (Lipinski definition) is 1. The summed E-state index contributed by atoms with van der Waals surface area (Å²) in [7, 11) is -3.66. The van der Waals surface area contributed by atoms with E-state index >= 15 is 0 Å². The number of carbonyl (C=O) groups excluding carboxylic acids is 2. The number of nitrogens with zero attached hydrogens (tertiary/aromatic N) is 2. The number of sulfonamides is 1. The molecule has 0 saturated heterocycles. The molecule has 0 aromatic heterocycles. The molecule has 3 aromatic rings. The maximum atomic E-state index is 14.1. The highest BCUT2D eigenvalue weighted by atomic mass is 35.5. The number of hydrogen-bond acceptors (Lipinski definition) is 4. The van der Waals surface area contributed by atoms with Crippen molar-refractivity contribution in [3.8, 4) is 0 Å². The molecule has 0 aliphatic heterocycles. The third-order valence-electron chi connectivity index (χ3n) is 8.22. The van der Waals surface area contributed by atoms with Crippen molar-refractivity contribution in [2.24, 2.45) is 0 Å². The van der Waals surface area contributed by atoms with Crippen molar-refractivity contribution in [3.63, 3.8) is 0 Å². The molecule has 3 aromatic carbocycles. The summed E-state index contributed by atoms with van der Waals surface area (Å²) in [5, 5.41) is 4.43. The van der Waals surface area contributed by atoms with Crippen molar-refractivity contribution in [2.45, 2.75) is 76.9 Å². The van der Waals surface area contributed by atoms with Crippen LogP contribution in [0, 0.1) is 6.92 Å². The predicted molar refractivity (Wildman–Crippen MR) is 184 cm³/mol. The fraction of sp³-hybridized carbons (Fsp3) is 0.412. The number of benzene rings is 3. The van der Waals surface area contributed by atoms with Crippen LogP contribution in [-0.4, -0.2) is 50.0 Å². The lowest BCUT2D eigenvalue weighted by Gasteiger charge is -2.34. The standard InChI is InChI=1S/C34H40Cl3N3O4S/c1-24-28(35)15-9-16-31(24)40(45(2,43)44)20-10-17-33(41)39(23-26-18-19-29(36)30(37)21-26)32(22-25-11-5-3-6-12-25)34(42)38-27-13-7-4-8-14-27/h3,5-6,9,11-12,15-16,18-19,21,27,32H,4,7-8,10,13-14,17,20,22-23H2,1-2H3,(H,38,42)/t32-/m0/s1. The highest BCUT2D eigenvalue weighted by molar-refractivity contribution is 7.92. The molecule has 45 heavy (non-hydrogen) atoms. The summed E-state index contributed by atoms with van der Waals surface area (Å²) >= 11 is 18.8. The molecule has 11 heteroatoms. The van der Waals surface area contributed by atoms with Crippen molar-refractivity contribution in [1.29, 1.82) is 0 Å². The predicted octanol–water partition coefficient (Wildman–Crippen LogP) is 7.59. The Labute approximate surface area is 281 Å². The van der Waals surface area contributed by atoms with Crippen molar-refractivity contribution in [1.82, 2.24) is 10.2 Å². The van der Waals surface area contributed by atoms with Gasteiger partial charge in [-0.1, -0.05) is 96.5 Å². The molecule has 0 radical (unpaired) electrons. The largest absolute Gasteiger partial charge is 0.352 e. The van der Waals surface area contributed by atoms with Gasteiger partial charge in [0, 0.05) is 37.0 Å². The Balaban J connectivity index is 1.62. The number of anilines is 1. The van der Waals surface area contributed by atoms with E-state index in [1.165, 1.54) is 4.31 Å². The first-order valence-corrected chi connectivity index (χ1v) is 18.2. The van der Waals surface area contributed by atoms with E-state index in [9.17, 15) is 18.0 Å². The highest BCUT2D eigenvalue weighted by Crippen LogP contribution is 2.29. The van der Waals surface area contributed by atoms with E-state index in [0.29, 0.717) is 32.7 Å². The fourth-order valence-corrected chi connectivity index (χ4v) is 7.29. The van der Waals surface area contributed by atoms with E-state index in [4.69, 9.17) is 34.8 Å². The summed E-state index contributed by atoms with van der Waals surface area (Å²) < 4.78 is 26.9. The van der Waals surface area contributed by atoms with Gasteiger partial charge < -0.3 is 10.2 Å². The fourth-order valence-electron chi connectivity index (χ4n) is 5.78. The first kappa shape index (κ1) is 35.1. The number of halogens is 3. The van der Waals surface area contributed by atoms with E-state index in [-0.39, 0.29) is 43.8 Å². The first-order valence-electron chi connectivity index (χ1n) is 15.2. The molecule has 4 rings (SSSR count). The van der Waals surface area contributed by atoms with Crippen molar-refractivity contribution < 1.29 is 18.0 Å². The Morgan fingerprint density at radius 1 is 0.889 bits per heavy atom. The van der Waals surface area contributed by atoms with E-state index in [0.717, 1.165) is 49.5 Å². The number of carbonyl (C=O) groups is 2. The van der Waals surface area contributed by atoms with E-state index < -0.39 is 16.1 Å². The number of amides is 2. The first-order chi connectivity index (χ1) is 21.4. The Morgan fingerprint density at radius 2 is 1.60 bits per heavy atom. The van der Waals surface area contributed by atoms with Gasteiger partial charge in [-0.05, 0) is 67.1 Å². The average Bonchev–Trinajstić information content (AvgIpc) is 3.01. The molecule has 1 fully saturated rings. The van der Waals surface area contributed by atoms with E-state index in [1.807, 2.05) is 30.3 Å². The Bertz CT molecular complexity index is 1580. The third-order valence-corrected chi connectivity index (χ3v) is 10.5. The molecule has 2 amide bonds. The molecular formula is C34H40Cl3N3O4S. The zero-order valence-electron chi connectivity index (χ0n) is 25.6. The number of rotatable bonds is 13. The highest BCUT2D eigenvalue weighted by Gasteiger charge is 2.32. The van der Waals surface area contributed by atoms with Gasteiger partial charge in [0.05, 0.1) is 22.0 Å². The van der Waals surface area contributed by atoms with Crippen LogP contribution in [-0.2, 0) is 32.6 Å². The van der Waals surface area contributed by atoms with Gasteiger partial charge in [-0.25, -0.2) is 8.42 Å². The van der Waals surface area contributed by atoms with Crippen LogP contribution in [0.1, 0.15) is 61.6 Å². The molecular weight excluding hydrogens is 653 g/mol. The van der Waals surface area contributed by atoms with Crippen LogP contribution in [0.25, 0.3) is 0 Å². The second kappa shape index (κ2) is 16.2. The van der Waals surface area contributed by atoms with Crippen LogP contribution in [0.2, 0.25) is 15.1 Å². The second-order valence-corrected chi connectivity index (χ2v) is 14.8. The lowest BCUT2D eigenvalue weighted by molar-refractivity contribution is -0.141.